The third kappa shape index (κ3) is 2.38. The first-order valence-corrected chi connectivity index (χ1v) is 8.47. The first-order chi connectivity index (χ1) is 9.77. The molecule has 1 saturated heterocycles. The van der Waals surface area contributed by atoms with Crippen LogP contribution in [0.15, 0.2) is 27.6 Å². The van der Waals surface area contributed by atoms with E-state index in [0.29, 0.717) is 21.5 Å². The molecule has 1 unspecified atom stereocenters. The largest absolute Gasteiger partial charge is 0.312 e. The highest BCUT2D eigenvalue weighted by Gasteiger charge is 2.58. The van der Waals surface area contributed by atoms with E-state index in [4.69, 9.17) is 5.21 Å². The highest BCUT2D eigenvalue weighted by molar-refractivity contribution is 9.10. The molecule has 2 rings (SSSR count). The smallest absolute Gasteiger partial charge is 0.282 e. The van der Waals surface area contributed by atoms with Crippen LogP contribution in [0, 0.1) is 6.92 Å². The molecule has 0 bridgehead atoms. The van der Waals surface area contributed by atoms with E-state index in [-0.39, 0.29) is 17.9 Å². The van der Waals surface area contributed by atoms with Gasteiger partial charge in [-0.1, -0.05) is 15.9 Å². The Morgan fingerprint density at radius 1 is 1.48 bits per heavy atom. The summed E-state index contributed by atoms with van der Waals surface area (Å²) in [7, 11) is -4.23. The molecule has 1 fully saturated rings. The van der Waals surface area contributed by atoms with E-state index < -0.39 is 20.6 Å². The second-order valence-corrected chi connectivity index (χ2v) is 7.90. The van der Waals surface area contributed by atoms with Crippen molar-refractivity contribution >= 4 is 31.7 Å². The molecule has 21 heavy (non-hydrogen) atoms. The first-order valence-electron chi connectivity index (χ1n) is 6.19. The molecule has 1 aliphatic heterocycles. The molecular formula is C12H15BrN2O5S. The summed E-state index contributed by atoms with van der Waals surface area (Å²) in [6, 6.07) is 4.52. The van der Waals surface area contributed by atoms with Crippen LogP contribution < -0.4 is 5.48 Å². The maximum absolute atomic E-state index is 12.9. The number of nitrogens with zero attached hydrogens (tertiary/aromatic N) is 1. The van der Waals surface area contributed by atoms with Crippen LogP contribution in [-0.4, -0.2) is 41.2 Å². The summed E-state index contributed by atoms with van der Waals surface area (Å²) >= 11 is 3.24. The van der Waals surface area contributed by atoms with Gasteiger partial charge in [-0.05, 0) is 43.5 Å². The third-order valence-electron chi connectivity index (χ3n) is 3.63. The van der Waals surface area contributed by atoms with Gasteiger partial charge in [0.1, 0.15) is 0 Å². The normalized spacial score (nSPS) is 23.2. The van der Waals surface area contributed by atoms with E-state index in [9.17, 15) is 18.4 Å². The monoisotopic (exact) mass is 378 g/mol. The van der Waals surface area contributed by atoms with Crippen molar-refractivity contribution in [2.75, 3.05) is 6.54 Å². The Kier molecular flexibility index (Phi) is 4.41. The lowest BCUT2D eigenvalue weighted by Crippen LogP contribution is -2.58. The number of rotatable bonds is 3. The summed E-state index contributed by atoms with van der Waals surface area (Å²) in [6.07, 6.45) is 0.215. The fraction of sp³-hybridized carbons (Fsp3) is 0.417. The minimum Gasteiger partial charge on any atom is -0.312 e. The lowest BCUT2D eigenvalue weighted by molar-refractivity contribution is -0.160. The molecule has 0 aromatic heterocycles. The van der Waals surface area contributed by atoms with Gasteiger partial charge in [0.25, 0.3) is 5.91 Å². The van der Waals surface area contributed by atoms with E-state index in [1.807, 2.05) is 0 Å². The zero-order valence-electron chi connectivity index (χ0n) is 11.2. The molecule has 1 heterocycles. The van der Waals surface area contributed by atoms with Crippen molar-refractivity contribution in [3.05, 3.63) is 28.2 Å². The molecule has 7 nitrogen and oxygen atoms in total. The van der Waals surface area contributed by atoms with Crippen molar-refractivity contribution in [3.8, 4) is 0 Å². The molecule has 1 aromatic carbocycles. The zero-order chi connectivity index (χ0) is 15.8. The van der Waals surface area contributed by atoms with Crippen molar-refractivity contribution in [1.29, 1.82) is 0 Å². The van der Waals surface area contributed by atoms with Crippen molar-refractivity contribution in [2.24, 2.45) is 0 Å². The Balaban J connectivity index is 2.66. The Morgan fingerprint density at radius 3 is 2.62 bits per heavy atom. The number of nitrogens with one attached hydrogen (secondary N) is 1. The van der Waals surface area contributed by atoms with E-state index in [2.05, 4.69) is 15.9 Å². The number of hydrogen-bond acceptors (Lipinski definition) is 6. The number of sulfone groups is 1. The summed E-state index contributed by atoms with van der Waals surface area (Å²) in [4.78, 5) is 9.73. The average Bonchev–Trinajstić information content (AvgIpc) is 2.80. The van der Waals surface area contributed by atoms with Crippen LogP contribution in [0.1, 0.15) is 18.4 Å². The van der Waals surface area contributed by atoms with Crippen LogP contribution in [0.3, 0.4) is 0 Å². The molecule has 0 spiro atoms. The number of aryl methyl sites for hydroxylation is 1. The molecule has 0 radical (unpaired) electrons. The highest BCUT2D eigenvalue weighted by Crippen LogP contribution is 2.39. The Bertz CT molecular complexity index is 678. The SMILES string of the molecule is Cc1cc(Br)ccc1S(=O)(=O)C1(C(=O)NO)CCCN1O. The number of carbonyl (C=O) groups is 1. The summed E-state index contributed by atoms with van der Waals surface area (Å²) in [5.74, 6) is -1.16. The van der Waals surface area contributed by atoms with Crippen molar-refractivity contribution in [2.45, 2.75) is 29.5 Å². The topological polar surface area (TPSA) is 107 Å². The molecule has 1 aliphatic rings. The lowest BCUT2D eigenvalue weighted by atomic mass is 10.2. The highest BCUT2D eigenvalue weighted by atomic mass is 79.9. The van der Waals surface area contributed by atoms with E-state index in [0.717, 1.165) is 0 Å². The number of hydroxylamine groups is 3. The fourth-order valence-electron chi connectivity index (χ4n) is 2.59. The van der Waals surface area contributed by atoms with Gasteiger partial charge in [-0.3, -0.25) is 10.0 Å². The molecule has 116 valence electrons. The molecular weight excluding hydrogens is 364 g/mol. The summed E-state index contributed by atoms with van der Waals surface area (Å²) in [6.45, 7) is 1.63. The van der Waals surface area contributed by atoms with Gasteiger partial charge in [0, 0.05) is 11.0 Å². The average molecular weight is 379 g/mol. The number of benzene rings is 1. The molecule has 1 aromatic rings. The van der Waals surface area contributed by atoms with Gasteiger partial charge < -0.3 is 5.21 Å². The Hall–Kier alpha value is -1.00. The van der Waals surface area contributed by atoms with Crippen molar-refractivity contribution in [1.82, 2.24) is 10.5 Å². The van der Waals surface area contributed by atoms with Gasteiger partial charge in [0.2, 0.25) is 14.7 Å². The molecule has 9 heteroatoms. The molecule has 1 amide bonds. The van der Waals surface area contributed by atoms with Crippen LogP contribution in [0.2, 0.25) is 0 Å². The number of halogens is 1. The lowest BCUT2D eigenvalue weighted by Gasteiger charge is -2.31. The van der Waals surface area contributed by atoms with Crippen LogP contribution in [0.4, 0.5) is 0 Å². The van der Waals surface area contributed by atoms with Crippen LogP contribution in [0.25, 0.3) is 0 Å². The maximum Gasteiger partial charge on any atom is 0.282 e. The van der Waals surface area contributed by atoms with Crippen molar-refractivity contribution < 1.29 is 23.6 Å². The second kappa shape index (κ2) is 5.65. The van der Waals surface area contributed by atoms with E-state index >= 15 is 0 Å². The van der Waals surface area contributed by atoms with Gasteiger partial charge in [0.15, 0.2) is 0 Å². The van der Waals surface area contributed by atoms with Gasteiger partial charge in [-0.25, -0.2) is 13.9 Å². The summed E-state index contributed by atoms with van der Waals surface area (Å²) < 4.78 is 26.5. The maximum atomic E-state index is 12.9. The molecule has 3 N–H and O–H groups in total. The molecule has 0 saturated carbocycles. The van der Waals surface area contributed by atoms with Crippen LogP contribution in [0.5, 0.6) is 0 Å². The first kappa shape index (κ1) is 16.4. The van der Waals surface area contributed by atoms with Gasteiger partial charge >= 0.3 is 0 Å². The van der Waals surface area contributed by atoms with E-state index in [1.165, 1.54) is 11.5 Å². The van der Waals surface area contributed by atoms with Crippen LogP contribution in [-0.2, 0) is 14.6 Å². The standard InChI is InChI=1S/C12H15BrN2O5S/c1-8-7-9(13)3-4-10(8)21(19,20)12(11(16)14-17)5-2-6-15(12)18/h3-4,7,17-18H,2,5-6H2,1H3,(H,14,16). The number of hydrogen-bond donors (Lipinski definition) is 3. The van der Waals surface area contributed by atoms with Crippen LogP contribution >= 0.6 is 15.9 Å². The Labute approximate surface area is 130 Å². The summed E-state index contributed by atoms with van der Waals surface area (Å²) in [5, 5.41) is 19.3. The van der Waals surface area contributed by atoms with Gasteiger partial charge in [-0.15, -0.1) is 0 Å². The Morgan fingerprint density at radius 2 is 2.14 bits per heavy atom. The fourth-order valence-corrected chi connectivity index (χ4v) is 5.23. The zero-order valence-corrected chi connectivity index (χ0v) is 13.6. The van der Waals surface area contributed by atoms with Gasteiger partial charge in [0.05, 0.1) is 4.90 Å². The van der Waals surface area contributed by atoms with Gasteiger partial charge in [-0.2, -0.15) is 5.06 Å². The predicted molar refractivity (Wildman–Crippen MR) is 76.5 cm³/mol. The third-order valence-corrected chi connectivity index (χ3v) is 6.65. The van der Waals surface area contributed by atoms with E-state index in [1.54, 1.807) is 19.1 Å². The molecule has 1 atom stereocenters. The quantitative estimate of drug-likeness (QED) is 0.539. The summed E-state index contributed by atoms with van der Waals surface area (Å²) in [5.41, 5.74) is 1.80. The number of carbonyl (C=O) groups excluding carboxylic acids is 1. The number of amides is 1. The minimum atomic E-state index is -4.23. The predicted octanol–water partition coefficient (Wildman–Crippen LogP) is 1.22. The minimum absolute atomic E-state index is 0.0300. The van der Waals surface area contributed by atoms with Crippen molar-refractivity contribution in [3.63, 3.8) is 0 Å². The second-order valence-electron chi connectivity index (χ2n) is 4.87. The molecule has 0 aliphatic carbocycles.